The molecule has 4 aromatic rings. The zero-order valence-corrected chi connectivity index (χ0v) is 19.6. The Morgan fingerprint density at radius 2 is 1.18 bits per heavy atom. The molecular weight excluding hydrogens is 422 g/mol. The summed E-state index contributed by atoms with van der Waals surface area (Å²) in [5, 5.41) is 0. The highest BCUT2D eigenvalue weighted by atomic mass is 16.5. The highest BCUT2D eigenvalue weighted by Gasteiger charge is 2.12. The molecule has 34 heavy (non-hydrogen) atoms. The fourth-order valence-corrected chi connectivity index (χ4v) is 3.54. The molecule has 0 unspecified atom stereocenters. The minimum Gasteiger partial charge on any atom is -0.493 e. The normalized spacial score (nSPS) is 10.7. The molecule has 4 nitrogen and oxygen atoms in total. The van der Waals surface area contributed by atoms with Crippen molar-refractivity contribution in [3.8, 4) is 11.5 Å². The second-order valence-electron chi connectivity index (χ2n) is 8.32. The van der Waals surface area contributed by atoms with Gasteiger partial charge in [0.25, 0.3) is 0 Å². The van der Waals surface area contributed by atoms with Crippen LogP contribution in [0.5, 0.6) is 11.5 Å². The van der Waals surface area contributed by atoms with Crippen LogP contribution in [0, 0.1) is 5.92 Å². The van der Waals surface area contributed by atoms with Crippen LogP contribution in [0.2, 0.25) is 0 Å². The first-order chi connectivity index (χ1) is 16.6. The summed E-state index contributed by atoms with van der Waals surface area (Å²) >= 11 is 0. The van der Waals surface area contributed by atoms with Crippen molar-refractivity contribution >= 4 is 23.0 Å². The smallest absolute Gasteiger partial charge is 0.313 e. The molecule has 0 aliphatic heterocycles. The molecule has 0 saturated heterocycles. The summed E-state index contributed by atoms with van der Waals surface area (Å²) in [6.07, 6.45) is 0.764. The van der Waals surface area contributed by atoms with Gasteiger partial charge in [0.1, 0.15) is 11.5 Å². The Hall–Kier alpha value is -4.05. The van der Waals surface area contributed by atoms with Gasteiger partial charge in [0.05, 0.1) is 12.5 Å². The number of carbonyl (C=O) groups excluding carboxylic acids is 1. The lowest BCUT2D eigenvalue weighted by atomic mass is 10.1. The first kappa shape index (κ1) is 23.1. The highest BCUT2D eigenvalue weighted by molar-refractivity contribution is 5.76. The monoisotopic (exact) mass is 451 g/mol. The molecular formula is C30H29NO3. The Morgan fingerprint density at radius 1 is 0.676 bits per heavy atom. The maximum Gasteiger partial charge on any atom is 0.313 e. The van der Waals surface area contributed by atoms with Gasteiger partial charge in [0.15, 0.2) is 0 Å². The second kappa shape index (κ2) is 11.2. The molecule has 0 aromatic heterocycles. The van der Waals surface area contributed by atoms with Crippen molar-refractivity contribution in [3.63, 3.8) is 0 Å². The number of ether oxygens (including phenoxy) is 2. The lowest BCUT2D eigenvalue weighted by Crippen LogP contribution is -2.14. The molecule has 0 fully saturated rings. The number of nitrogens with zero attached hydrogens (tertiary/aromatic N) is 1. The maximum absolute atomic E-state index is 11.7. The quantitative estimate of drug-likeness (QED) is 0.197. The van der Waals surface area contributed by atoms with Crippen LogP contribution in [0.15, 0.2) is 109 Å². The molecule has 0 radical (unpaired) electrons. The summed E-state index contributed by atoms with van der Waals surface area (Å²) in [5.41, 5.74) is 4.39. The van der Waals surface area contributed by atoms with Gasteiger partial charge in [-0.15, -0.1) is 0 Å². The van der Waals surface area contributed by atoms with Crippen LogP contribution in [0.1, 0.15) is 19.4 Å². The molecule has 0 atom stereocenters. The molecule has 172 valence electrons. The van der Waals surface area contributed by atoms with Crippen LogP contribution >= 0.6 is 0 Å². The summed E-state index contributed by atoms with van der Waals surface area (Å²) in [5.74, 6) is 1.03. The zero-order chi connectivity index (χ0) is 23.8. The van der Waals surface area contributed by atoms with E-state index < -0.39 is 0 Å². The van der Waals surface area contributed by atoms with E-state index >= 15 is 0 Å². The second-order valence-corrected chi connectivity index (χ2v) is 8.32. The first-order valence-electron chi connectivity index (χ1n) is 11.5. The number of carbonyl (C=O) groups is 1. The molecule has 0 aliphatic rings. The molecule has 0 saturated carbocycles. The molecule has 0 aliphatic carbocycles. The van der Waals surface area contributed by atoms with Crippen LogP contribution in [0.3, 0.4) is 0 Å². The topological polar surface area (TPSA) is 38.8 Å². The van der Waals surface area contributed by atoms with Gasteiger partial charge in [-0.05, 0) is 66.2 Å². The number of anilines is 3. The lowest BCUT2D eigenvalue weighted by molar-refractivity contribution is -0.137. The summed E-state index contributed by atoms with van der Waals surface area (Å²) in [6.45, 7) is 4.20. The predicted molar refractivity (Wildman–Crippen MR) is 137 cm³/mol. The van der Waals surface area contributed by atoms with Gasteiger partial charge < -0.3 is 14.4 Å². The van der Waals surface area contributed by atoms with Gasteiger partial charge in [0.2, 0.25) is 0 Å². The van der Waals surface area contributed by atoms with Gasteiger partial charge in [-0.1, -0.05) is 62.4 Å². The Bertz CT molecular complexity index is 1130. The molecule has 0 bridgehead atoms. The van der Waals surface area contributed by atoms with E-state index in [0.29, 0.717) is 12.4 Å². The number of rotatable bonds is 9. The van der Waals surface area contributed by atoms with Crippen molar-refractivity contribution < 1.29 is 14.3 Å². The summed E-state index contributed by atoms with van der Waals surface area (Å²) < 4.78 is 11.3. The maximum atomic E-state index is 11.7. The number of hydrogen-bond donors (Lipinski definition) is 0. The van der Waals surface area contributed by atoms with Crippen LogP contribution in [-0.2, 0) is 11.2 Å². The van der Waals surface area contributed by atoms with Crippen LogP contribution < -0.4 is 14.4 Å². The van der Waals surface area contributed by atoms with Crippen molar-refractivity contribution in [1.29, 1.82) is 0 Å². The summed E-state index contributed by atoms with van der Waals surface area (Å²) in [4.78, 5) is 13.9. The number of para-hydroxylation sites is 2. The fourth-order valence-electron chi connectivity index (χ4n) is 3.54. The van der Waals surface area contributed by atoms with E-state index in [-0.39, 0.29) is 11.9 Å². The SMILES string of the molecule is CC(C)C(=O)Oc1ccc(CCOc2ccc(N(c3ccccc3)c3ccccc3)cc2)cc1. The predicted octanol–water partition coefficient (Wildman–Crippen LogP) is 7.34. The van der Waals surface area contributed by atoms with Gasteiger partial charge >= 0.3 is 5.97 Å². The van der Waals surface area contributed by atoms with Crippen molar-refractivity contribution in [2.45, 2.75) is 20.3 Å². The van der Waals surface area contributed by atoms with E-state index in [0.717, 1.165) is 34.8 Å². The minimum atomic E-state index is -0.224. The summed E-state index contributed by atoms with van der Waals surface area (Å²) in [7, 11) is 0. The zero-order valence-electron chi connectivity index (χ0n) is 19.6. The minimum absolute atomic E-state index is 0.146. The number of esters is 1. The average Bonchev–Trinajstić information content (AvgIpc) is 2.87. The molecule has 0 N–H and O–H groups in total. The van der Waals surface area contributed by atoms with Crippen molar-refractivity contribution in [2.75, 3.05) is 11.5 Å². The van der Waals surface area contributed by atoms with E-state index in [1.807, 2.05) is 86.6 Å². The third kappa shape index (κ3) is 6.04. The molecule has 4 heteroatoms. The van der Waals surface area contributed by atoms with Crippen molar-refractivity contribution in [3.05, 3.63) is 115 Å². The van der Waals surface area contributed by atoms with Gasteiger partial charge in [0, 0.05) is 23.5 Å². The largest absolute Gasteiger partial charge is 0.493 e. The van der Waals surface area contributed by atoms with E-state index in [2.05, 4.69) is 41.3 Å². The fraction of sp³-hybridized carbons (Fsp3) is 0.167. The van der Waals surface area contributed by atoms with Crippen LogP contribution in [0.4, 0.5) is 17.1 Å². The van der Waals surface area contributed by atoms with Crippen LogP contribution in [-0.4, -0.2) is 12.6 Å². The summed E-state index contributed by atoms with van der Waals surface area (Å²) in [6, 6.07) is 36.4. The van der Waals surface area contributed by atoms with Crippen molar-refractivity contribution in [2.24, 2.45) is 5.92 Å². The first-order valence-corrected chi connectivity index (χ1v) is 11.5. The molecule has 4 aromatic carbocycles. The highest BCUT2D eigenvalue weighted by Crippen LogP contribution is 2.34. The number of hydrogen-bond acceptors (Lipinski definition) is 4. The lowest BCUT2D eigenvalue weighted by Gasteiger charge is -2.25. The van der Waals surface area contributed by atoms with E-state index in [9.17, 15) is 4.79 Å². The van der Waals surface area contributed by atoms with Gasteiger partial charge in [-0.2, -0.15) is 0 Å². The Labute approximate surface area is 201 Å². The number of benzene rings is 4. The van der Waals surface area contributed by atoms with Crippen LogP contribution in [0.25, 0.3) is 0 Å². The van der Waals surface area contributed by atoms with Crippen molar-refractivity contribution in [1.82, 2.24) is 0 Å². The molecule has 0 amide bonds. The third-order valence-electron chi connectivity index (χ3n) is 5.40. The van der Waals surface area contributed by atoms with Gasteiger partial charge in [-0.25, -0.2) is 0 Å². The molecule has 4 rings (SSSR count). The van der Waals surface area contributed by atoms with Gasteiger partial charge in [-0.3, -0.25) is 4.79 Å². The van der Waals surface area contributed by atoms with E-state index in [1.54, 1.807) is 0 Å². The molecule has 0 heterocycles. The standard InChI is InChI=1S/C30H29NO3/c1-23(2)30(32)34-29-17-13-24(14-18-29)21-22-33-28-19-15-27(16-20-28)31(25-9-5-3-6-10-25)26-11-7-4-8-12-26/h3-20,23H,21-22H2,1-2H3. The average molecular weight is 452 g/mol. The molecule has 0 spiro atoms. The Morgan fingerprint density at radius 3 is 1.71 bits per heavy atom. The Balaban J connectivity index is 1.37. The van der Waals surface area contributed by atoms with E-state index in [4.69, 9.17) is 9.47 Å². The van der Waals surface area contributed by atoms with E-state index in [1.165, 1.54) is 0 Å². The third-order valence-corrected chi connectivity index (χ3v) is 5.40. The Kier molecular flexibility index (Phi) is 7.61.